The van der Waals surface area contributed by atoms with Gasteiger partial charge in [-0.15, -0.1) is 11.3 Å². The first-order valence-corrected chi connectivity index (χ1v) is 12.1. The number of fused-ring (bicyclic) bond motifs is 2. The minimum atomic E-state index is -3.64. The molecule has 3 aromatic rings. The van der Waals surface area contributed by atoms with Crippen molar-refractivity contribution >= 4 is 33.0 Å². The predicted molar refractivity (Wildman–Crippen MR) is 116 cm³/mol. The van der Waals surface area contributed by atoms with Gasteiger partial charge in [-0.25, -0.2) is 8.42 Å². The number of sulfonamides is 1. The first kappa shape index (κ1) is 19.3. The molecule has 154 valence electrons. The first-order valence-electron chi connectivity index (χ1n) is 9.73. The van der Waals surface area contributed by atoms with Gasteiger partial charge in [0, 0.05) is 35.6 Å². The van der Waals surface area contributed by atoms with Gasteiger partial charge in [0.25, 0.3) is 5.91 Å². The van der Waals surface area contributed by atoms with E-state index in [0.717, 1.165) is 29.7 Å². The molecule has 2 aliphatic heterocycles. The van der Waals surface area contributed by atoms with Crippen LogP contribution in [0.1, 0.15) is 26.4 Å². The number of ether oxygens (including phenoxy) is 1. The summed E-state index contributed by atoms with van der Waals surface area (Å²) in [4.78, 5) is 14.1. The van der Waals surface area contributed by atoms with Crippen molar-refractivity contribution in [2.45, 2.75) is 24.3 Å². The van der Waals surface area contributed by atoms with Crippen LogP contribution in [0, 0.1) is 0 Å². The van der Waals surface area contributed by atoms with Crippen LogP contribution in [0.4, 0.5) is 5.69 Å². The highest BCUT2D eigenvalue weighted by molar-refractivity contribution is 7.89. The zero-order valence-corrected chi connectivity index (χ0v) is 17.8. The van der Waals surface area contributed by atoms with E-state index < -0.39 is 10.0 Å². The van der Waals surface area contributed by atoms with Crippen LogP contribution in [-0.2, 0) is 29.4 Å². The van der Waals surface area contributed by atoms with Crippen LogP contribution in [0.2, 0.25) is 0 Å². The molecule has 6 nitrogen and oxygen atoms in total. The molecule has 0 spiro atoms. The van der Waals surface area contributed by atoms with Gasteiger partial charge in [0.05, 0.1) is 11.5 Å². The number of anilines is 1. The van der Waals surface area contributed by atoms with Gasteiger partial charge in [-0.05, 0) is 65.4 Å². The minimum absolute atomic E-state index is 0.182. The van der Waals surface area contributed by atoms with E-state index in [2.05, 4.69) is 5.32 Å². The van der Waals surface area contributed by atoms with E-state index >= 15 is 0 Å². The maximum absolute atomic E-state index is 13.2. The van der Waals surface area contributed by atoms with Gasteiger partial charge in [0.2, 0.25) is 10.0 Å². The second kappa shape index (κ2) is 7.54. The molecule has 8 heteroatoms. The lowest BCUT2D eigenvalue weighted by atomic mass is 10.1. The highest BCUT2D eigenvalue weighted by Crippen LogP contribution is 2.29. The Morgan fingerprint density at radius 3 is 2.87 bits per heavy atom. The number of hydrogen-bond donors (Lipinski definition) is 1. The second-order valence-electron chi connectivity index (χ2n) is 7.36. The zero-order valence-electron chi connectivity index (χ0n) is 16.1. The molecule has 2 aromatic carbocycles. The van der Waals surface area contributed by atoms with Crippen LogP contribution < -0.4 is 10.1 Å². The molecule has 0 bridgehead atoms. The summed E-state index contributed by atoms with van der Waals surface area (Å²) in [6, 6.07) is 13.8. The van der Waals surface area contributed by atoms with Gasteiger partial charge in [0.15, 0.2) is 0 Å². The molecule has 0 aliphatic carbocycles. The molecular weight excluding hydrogens is 420 g/mol. The molecule has 3 heterocycles. The number of rotatable bonds is 4. The quantitative estimate of drug-likeness (QED) is 0.672. The fraction of sp³-hybridized carbons (Fsp3) is 0.227. The largest absolute Gasteiger partial charge is 0.493 e. The van der Waals surface area contributed by atoms with Gasteiger partial charge < -0.3 is 10.1 Å². The fourth-order valence-corrected chi connectivity index (χ4v) is 6.20. The maximum atomic E-state index is 13.2. The summed E-state index contributed by atoms with van der Waals surface area (Å²) < 4.78 is 33.3. The Hall–Kier alpha value is -2.68. The lowest BCUT2D eigenvalue weighted by molar-refractivity contribution is 0.102. The van der Waals surface area contributed by atoms with E-state index in [4.69, 9.17) is 4.74 Å². The van der Waals surface area contributed by atoms with Gasteiger partial charge in [-0.1, -0.05) is 6.07 Å². The van der Waals surface area contributed by atoms with Crippen LogP contribution in [-0.4, -0.2) is 31.8 Å². The Morgan fingerprint density at radius 2 is 1.97 bits per heavy atom. The van der Waals surface area contributed by atoms with Crippen LogP contribution in [0.5, 0.6) is 5.75 Å². The molecule has 5 rings (SSSR count). The smallest absolute Gasteiger partial charge is 0.255 e. The number of hydrogen-bond acceptors (Lipinski definition) is 5. The SMILES string of the molecule is O=C(Nc1cccc(S(=O)(=O)N2CCc3sccc3C2)c1)c1ccc2c(c1)CCO2. The van der Waals surface area contributed by atoms with Crippen LogP contribution in [0.25, 0.3) is 0 Å². The van der Waals surface area contributed by atoms with Crippen LogP contribution in [0.3, 0.4) is 0 Å². The third kappa shape index (κ3) is 3.51. The molecule has 2 aliphatic rings. The Bertz CT molecular complexity index is 1230. The number of benzene rings is 2. The summed E-state index contributed by atoms with van der Waals surface area (Å²) in [5.41, 5.74) is 3.05. The van der Waals surface area contributed by atoms with E-state index in [1.165, 1.54) is 15.2 Å². The maximum Gasteiger partial charge on any atom is 0.255 e. The summed E-state index contributed by atoms with van der Waals surface area (Å²) in [7, 11) is -3.64. The Morgan fingerprint density at radius 1 is 1.07 bits per heavy atom. The number of amides is 1. The number of nitrogens with one attached hydrogen (secondary N) is 1. The Labute approximate surface area is 179 Å². The van der Waals surface area contributed by atoms with E-state index in [9.17, 15) is 13.2 Å². The van der Waals surface area contributed by atoms with Crippen molar-refractivity contribution in [3.8, 4) is 5.75 Å². The van der Waals surface area contributed by atoms with Crippen molar-refractivity contribution in [1.82, 2.24) is 4.31 Å². The molecule has 0 saturated carbocycles. The first-order chi connectivity index (χ1) is 14.5. The van der Waals surface area contributed by atoms with Crippen LogP contribution in [0.15, 0.2) is 58.8 Å². The van der Waals surface area contributed by atoms with Crippen LogP contribution >= 0.6 is 11.3 Å². The molecule has 1 amide bonds. The van der Waals surface area contributed by atoms with Crippen molar-refractivity contribution in [1.29, 1.82) is 0 Å². The molecule has 30 heavy (non-hydrogen) atoms. The highest BCUT2D eigenvalue weighted by Gasteiger charge is 2.29. The monoisotopic (exact) mass is 440 g/mol. The number of thiophene rings is 1. The highest BCUT2D eigenvalue weighted by atomic mass is 32.2. The lowest BCUT2D eigenvalue weighted by Gasteiger charge is -2.26. The van der Waals surface area contributed by atoms with E-state index in [-0.39, 0.29) is 10.8 Å². The van der Waals surface area contributed by atoms with Gasteiger partial charge in [-0.2, -0.15) is 4.31 Å². The van der Waals surface area contributed by atoms with E-state index in [1.807, 2.05) is 17.5 Å². The van der Waals surface area contributed by atoms with Crippen molar-refractivity contribution in [3.63, 3.8) is 0 Å². The number of carbonyl (C=O) groups is 1. The summed E-state index contributed by atoms with van der Waals surface area (Å²) in [6.45, 7) is 1.47. The summed E-state index contributed by atoms with van der Waals surface area (Å²) >= 11 is 1.67. The molecule has 0 unspecified atom stereocenters. The standard InChI is InChI=1S/C22H20N2O4S2/c25-22(16-4-5-20-15(12-16)7-10-28-20)23-18-2-1-3-19(13-18)30(26,27)24-9-6-21-17(14-24)8-11-29-21/h1-5,8,11-13H,6-7,9-10,14H2,(H,23,25). The predicted octanol–water partition coefficient (Wildman–Crippen LogP) is 3.68. The molecule has 0 radical (unpaired) electrons. The van der Waals surface area contributed by atoms with E-state index in [1.54, 1.807) is 41.7 Å². The van der Waals surface area contributed by atoms with Crippen molar-refractivity contribution in [2.75, 3.05) is 18.5 Å². The van der Waals surface area contributed by atoms with Crippen molar-refractivity contribution in [3.05, 3.63) is 75.5 Å². The fourth-order valence-electron chi connectivity index (χ4n) is 3.84. The molecule has 1 aromatic heterocycles. The summed E-state index contributed by atoms with van der Waals surface area (Å²) in [5.74, 6) is 0.537. The Kier molecular flexibility index (Phi) is 4.85. The second-order valence-corrected chi connectivity index (χ2v) is 10.3. The lowest BCUT2D eigenvalue weighted by Crippen LogP contribution is -2.35. The van der Waals surface area contributed by atoms with Gasteiger partial charge in [0.1, 0.15) is 5.75 Å². The molecule has 1 N–H and O–H groups in total. The molecule has 0 atom stereocenters. The topological polar surface area (TPSA) is 75.7 Å². The van der Waals surface area contributed by atoms with E-state index in [0.29, 0.717) is 30.9 Å². The van der Waals surface area contributed by atoms with Gasteiger partial charge in [-0.3, -0.25) is 4.79 Å². The molecule has 0 fully saturated rings. The average molecular weight is 441 g/mol. The summed E-state index contributed by atoms with van der Waals surface area (Å²) in [5, 5.41) is 4.82. The van der Waals surface area contributed by atoms with Crippen molar-refractivity contribution < 1.29 is 17.9 Å². The zero-order chi connectivity index (χ0) is 20.7. The number of carbonyl (C=O) groups excluding carboxylic acids is 1. The normalized spacial score (nSPS) is 15.9. The third-order valence-corrected chi connectivity index (χ3v) is 8.32. The third-order valence-electron chi connectivity index (χ3n) is 5.45. The van der Waals surface area contributed by atoms with Gasteiger partial charge >= 0.3 is 0 Å². The number of nitrogens with zero attached hydrogens (tertiary/aromatic N) is 1. The average Bonchev–Trinajstić information content (AvgIpc) is 3.41. The molecule has 0 saturated heterocycles. The van der Waals surface area contributed by atoms with Crippen molar-refractivity contribution in [2.24, 2.45) is 0 Å². The minimum Gasteiger partial charge on any atom is -0.493 e. The molecular formula is C22H20N2O4S2. The summed E-state index contributed by atoms with van der Waals surface area (Å²) in [6.07, 6.45) is 1.51. The Balaban J connectivity index is 1.36.